The second kappa shape index (κ2) is 9.51. The van der Waals surface area contributed by atoms with Crippen LogP contribution >= 0.6 is 0 Å². The topological polar surface area (TPSA) is 95.5 Å². The number of amides is 1. The lowest BCUT2D eigenvalue weighted by atomic mass is 10.1. The van der Waals surface area contributed by atoms with E-state index in [0.29, 0.717) is 22.6 Å². The zero-order valence-electron chi connectivity index (χ0n) is 15.2. The molecule has 0 aliphatic carbocycles. The quantitative estimate of drug-likeness (QED) is 0.579. The van der Waals surface area contributed by atoms with E-state index < -0.39 is 12.5 Å². The minimum Gasteiger partial charge on any atom is -0.495 e. The molecule has 0 saturated heterocycles. The van der Waals surface area contributed by atoms with Crippen molar-refractivity contribution in [1.82, 2.24) is 20.4 Å². The fourth-order valence-electron chi connectivity index (χ4n) is 2.31. The summed E-state index contributed by atoms with van der Waals surface area (Å²) in [6.07, 6.45) is 5.86. The average molecular weight is 402 g/mol. The normalized spacial score (nSPS) is 10.6. The molecule has 29 heavy (non-hydrogen) atoms. The van der Waals surface area contributed by atoms with Crippen molar-refractivity contribution in [3.8, 4) is 22.8 Å². The van der Waals surface area contributed by atoms with Gasteiger partial charge in [0.15, 0.2) is 0 Å². The molecule has 0 bridgehead atoms. The number of halogens is 2. The van der Waals surface area contributed by atoms with E-state index in [0.717, 1.165) is 0 Å². The maximum Gasteiger partial charge on any atom is 0.387 e. The van der Waals surface area contributed by atoms with Crippen LogP contribution in [0.2, 0.25) is 0 Å². The first-order valence-corrected chi connectivity index (χ1v) is 8.32. The van der Waals surface area contributed by atoms with Crippen LogP contribution in [0.5, 0.6) is 11.5 Å². The summed E-state index contributed by atoms with van der Waals surface area (Å²) in [5.41, 5.74) is 3.98. The number of carbonyl (C=O) groups excluding carboxylic acids is 1. The van der Waals surface area contributed by atoms with Gasteiger partial charge in [-0.05, 0) is 30.3 Å². The molecule has 0 radical (unpaired) electrons. The number of carbonyl (C=O) groups is 1. The highest BCUT2D eigenvalue weighted by atomic mass is 19.3. The highest BCUT2D eigenvalue weighted by Gasteiger charge is 2.11. The largest absolute Gasteiger partial charge is 0.495 e. The van der Waals surface area contributed by atoms with Gasteiger partial charge < -0.3 is 9.47 Å². The number of nitrogens with one attached hydrogen (secondary N) is 1. The molecular formula is C19H16F2N4O4. The first-order valence-electron chi connectivity index (χ1n) is 8.32. The van der Waals surface area contributed by atoms with E-state index in [-0.39, 0.29) is 18.1 Å². The van der Waals surface area contributed by atoms with Gasteiger partial charge in [-0.1, -0.05) is 0 Å². The van der Waals surface area contributed by atoms with Crippen LogP contribution < -0.4 is 15.0 Å². The van der Waals surface area contributed by atoms with Gasteiger partial charge >= 0.3 is 6.61 Å². The minimum absolute atomic E-state index is 0.0195. The lowest BCUT2D eigenvalue weighted by Gasteiger charge is -2.08. The van der Waals surface area contributed by atoms with Crippen LogP contribution in [-0.4, -0.2) is 34.6 Å². The van der Waals surface area contributed by atoms with E-state index in [1.165, 1.54) is 43.8 Å². The predicted molar refractivity (Wildman–Crippen MR) is 97.1 cm³/mol. The molecule has 0 unspecified atom stereocenters. The van der Waals surface area contributed by atoms with Crippen LogP contribution in [0.4, 0.5) is 8.78 Å². The van der Waals surface area contributed by atoms with E-state index in [1.807, 2.05) is 0 Å². The van der Waals surface area contributed by atoms with Gasteiger partial charge in [0.05, 0.1) is 31.4 Å². The van der Waals surface area contributed by atoms with Crippen molar-refractivity contribution < 1.29 is 27.9 Å². The number of ether oxygens (including phenoxy) is 2. The molecular weight excluding hydrogens is 386 g/mol. The van der Waals surface area contributed by atoms with Crippen molar-refractivity contribution in [3.63, 3.8) is 0 Å². The fourth-order valence-corrected chi connectivity index (χ4v) is 2.31. The Hall–Kier alpha value is -3.66. The number of hydrogen-bond acceptors (Lipinski definition) is 7. The second-order valence-corrected chi connectivity index (χ2v) is 5.65. The summed E-state index contributed by atoms with van der Waals surface area (Å²) in [7, 11) is 1.52. The third-order valence-corrected chi connectivity index (χ3v) is 3.65. The number of aromatic nitrogens is 3. The second-order valence-electron chi connectivity index (χ2n) is 5.65. The lowest BCUT2D eigenvalue weighted by Crippen LogP contribution is -2.24. The van der Waals surface area contributed by atoms with Crippen molar-refractivity contribution in [3.05, 3.63) is 66.4 Å². The summed E-state index contributed by atoms with van der Waals surface area (Å²) in [6.45, 7) is -2.82. The summed E-state index contributed by atoms with van der Waals surface area (Å²) in [4.78, 5) is 29.6. The number of benzene rings is 1. The number of nitrogens with zero attached hydrogens (tertiary/aromatic N) is 3. The van der Waals surface area contributed by atoms with E-state index in [1.54, 1.807) is 18.5 Å². The molecule has 1 amide bonds. The van der Waals surface area contributed by atoms with Crippen molar-refractivity contribution in [2.75, 3.05) is 7.11 Å². The number of methoxy groups -OCH3 is 1. The van der Waals surface area contributed by atoms with Crippen LogP contribution in [0.1, 0.15) is 16.1 Å². The van der Waals surface area contributed by atoms with Gasteiger partial charge in [0, 0.05) is 17.3 Å². The molecule has 0 aliphatic rings. The third kappa shape index (κ3) is 5.66. The first-order chi connectivity index (χ1) is 14.0. The molecule has 10 heteroatoms. The maximum atomic E-state index is 12.2. The van der Waals surface area contributed by atoms with Gasteiger partial charge in [-0.25, -0.2) is 10.5 Å². The Morgan fingerprint density at radius 3 is 2.55 bits per heavy atom. The van der Waals surface area contributed by atoms with Crippen LogP contribution in [0.3, 0.4) is 0 Å². The molecule has 2 aromatic heterocycles. The fraction of sp³-hybridized carbons (Fsp3) is 0.158. The van der Waals surface area contributed by atoms with Gasteiger partial charge in [0.1, 0.15) is 23.8 Å². The van der Waals surface area contributed by atoms with Crippen LogP contribution in [0, 0.1) is 0 Å². The van der Waals surface area contributed by atoms with Crippen LogP contribution in [0.15, 0.2) is 55.1 Å². The summed E-state index contributed by atoms with van der Waals surface area (Å²) in [5, 5.41) is 0. The maximum absolute atomic E-state index is 12.2. The Labute approximate surface area is 164 Å². The van der Waals surface area contributed by atoms with E-state index >= 15 is 0 Å². The molecule has 0 saturated carbocycles. The number of hydroxylamine groups is 1. The van der Waals surface area contributed by atoms with Gasteiger partial charge in [-0.15, -0.1) is 0 Å². The summed E-state index contributed by atoms with van der Waals surface area (Å²) in [6, 6.07) is 7.55. The molecule has 8 nitrogen and oxygen atoms in total. The standard InChI is InChI=1S/C19H16F2N4O4/c1-27-15-6-12(7-22-8-15)11-28-25-18(26)17-10-23-9-16(24-17)13-2-4-14(5-3-13)29-19(20)21/h2-10,19H,11H2,1H3,(H,25,26). The van der Waals surface area contributed by atoms with Crippen LogP contribution in [-0.2, 0) is 11.4 Å². The number of hydrogen-bond donors (Lipinski definition) is 1. The van der Waals surface area contributed by atoms with Crippen molar-refractivity contribution in [2.24, 2.45) is 0 Å². The van der Waals surface area contributed by atoms with Crippen molar-refractivity contribution >= 4 is 5.91 Å². The smallest absolute Gasteiger partial charge is 0.387 e. The molecule has 0 spiro atoms. The molecule has 3 rings (SSSR count). The van der Waals surface area contributed by atoms with Crippen LogP contribution in [0.25, 0.3) is 11.3 Å². The summed E-state index contributed by atoms with van der Waals surface area (Å²) >= 11 is 0. The molecule has 2 heterocycles. The number of rotatable bonds is 8. The number of alkyl halides is 2. The molecule has 1 N–H and O–H groups in total. The van der Waals surface area contributed by atoms with Crippen molar-refractivity contribution in [2.45, 2.75) is 13.2 Å². The highest BCUT2D eigenvalue weighted by molar-refractivity contribution is 5.91. The zero-order chi connectivity index (χ0) is 20.6. The van der Waals surface area contributed by atoms with E-state index in [2.05, 4.69) is 25.2 Å². The molecule has 3 aromatic rings. The van der Waals surface area contributed by atoms with Gasteiger partial charge in [0.2, 0.25) is 0 Å². The minimum atomic E-state index is -2.90. The van der Waals surface area contributed by atoms with Crippen molar-refractivity contribution in [1.29, 1.82) is 0 Å². The highest BCUT2D eigenvalue weighted by Crippen LogP contribution is 2.21. The zero-order valence-corrected chi connectivity index (χ0v) is 15.2. The third-order valence-electron chi connectivity index (χ3n) is 3.65. The summed E-state index contributed by atoms with van der Waals surface area (Å²) in [5.74, 6) is -0.000129. The molecule has 1 aromatic carbocycles. The molecule has 0 atom stereocenters. The Bertz CT molecular complexity index is 970. The predicted octanol–water partition coefficient (Wildman–Crippen LogP) is 3.01. The monoisotopic (exact) mass is 402 g/mol. The lowest BCUT2D eigenvalue weighted by molar-refractivity contribution is -0.0498. The van der Waals surface area contributed by atoms with Gasteiger partial charge in [-0.3, -0.25) is 19.6 Å². The Kier molecular flexibility index (Phi) is 6.59. The first kappa shape index (κ1) is 20.1. The Morgan fingerprint density at radius 2 is 1.83 bits per heavy atom. The summed E-state index contributed by atoms with van der Waals surface area (Å²) < 4.78 is 33.8. The van der Waals surface area contributed by atoms with E-state index in [4.69, 9.17) is 9.57 Å². The van der Waals surface area contributed by atoms with Gasteiger partial charge in [0.25, 0.3) is 5.91 Å². The molecule has 0 fully saturated rings. The molecule has 150 valence electrons. The Balaban J connectivity index is 1.61. The van der Waals surface area contributed by atoms with Gasteiger partial charge in [-0.2, -0.15) is 8.78 Å². The Morgan fingerprint density at radius 1 is 1.07 bits per heavy atom. The molecule has 0 aliphatic heterocycles. The van der Waals surface area contributed by atoms with E-state index in [9.17, 15) is 13.6 Å². The average Bonchev–Trinajstić information content (AvgIpc) is 2.74. The SMILES string of the molecule is COc1cncc(CONC(=O)c2cncc(-c3ccc(OC(F)F)cc3)n2)c1. The number of pyridine rings is 1.